The molecule has 0 aliphatic carbocycles. The normalized spacial score (nSPS) is 16.6. The maximum Gasteiger partial charge on any atom is 0.226 e. The summed E-state index contributed by atoms with van der Waals surface area (Å²) in [6.07, 6.45) is 1.74. The fraction of sp³-hybridized carbons (Fsp3) is 0.571. The van der Waals surface area contributed by atoms with Gasteiger partial charge in [-0.2, -0.15) is 0 Å². The van der Waals surface area contributed by atoms with E-state index in [4.69, 9.17) is 9.97 Å². The first-order valence-corrected chi connectivity index (χ1v) is 9.85. The smallest absolute Gasteiger partial charge is 0.226 e. The fourth-order valence-electron chi connectivity index (χ4n) is 3.52. The molecule has 2 heterocycles. The average molecular weight is 370 g/mol. The molecule has 6 nitrogen and oxygen atoms in total. The molecule has 1 atom stereocenters. The van der Waals surface area contributed by atoms with E-state index in [1.165, 1.54) is 11.1 Å². The topological polar surface area (TPSA) is 78.4 Å². The van der Waals surface area contributed by atoms with Gasteiger partial charge in [-0.1, -0.05) is 6.92 Å². The van der Waals surface area contributed by atoms with Crippen molar-refractivity contribution >= 4 is 22.8 Å². The predicted molar refractivity (Wildman–Crippen MR) is 108 cm³/mol. The number of carbonyl (C=O) groups excluding carboxylic acids is 1. The van der Waals surface area contributed by atoms with E-state index in [9.17, 15) is 9.90 Å². The minimum absolute atomic E-state index is 0.00301. The number of carbonyl (C=O) groups is 1. The lowest BCUT2D eigenvalue weighted by molar-refractivity contribution is -0.126. The van der Waals surface area contributed by atoms with Crippen LogP contribution < -0.4 is 10.2 Å². The molecule has 0 saturated carbocycles. The molecule has 1 unspecified atom stereocenters. The number of hydrogen-bond donors (Lipinski definition) is 2. The van der Waals surface area contributed by atoms with Gasteiger partial charge in [-0.3, -0.25) is 4.79 Å². The highest BCUT2D eigenvalue weighted by Gasteiger charge is 2.26. The van der Waals surface area contributed by atoms with Crippen LogP contribution in [0.25, 0.3) is 10.9 Å². The van der Waals surface area contributed by atoms with Crippen molar-refractivity contribution in [3.05, 3.63) is 29.0 Å². The van der Waals surface area contributed by atoms with Crippen molar-refractivity contribution in [2.75, 3.05) is 24.5 Å². The molecule has 1 aromatic carbocycles. The van der Waals surface area contributed by atoms with E-state index >= 15 is 0 Å². The number of hydrogen-bond acceptors (Lipinski definition) is 5. The zero-order chi connectivity index (χ0) is 19.6. The Morgan fingerprint density at radius 2 is 1.89 bits per heavy atom. The number of fused-ring (bicyclic) bond motifs is 1. The molecule has 3 rings (SSSR count). The molecule has 2 N–H and O–H groups in total. The van der Waals surface area contributed by atoms with Gasteiger partial charge in [0.25, 0.3) is 0 Å². The second-order valence-electron chi connectivity index (χ2n) is 7.63. The maximum atomic E-state index is 12.3. The second kappa shape index (κ2) is 8.21. The third-order valence-corrected chi connectivity index (χ3v) is 5.62. The van der Waals surface area contributed by atoms with Gasteiger partial charge in [0, 0.05) is 30.9 Å². The molecule has 1 aliphatic rings. The Morgan fingerprint density at radius 1 is 1.22 bits per heavy atom. The Bertz CT molecular complexity index is 829. The Balaban J connectivity index is 1.67. The fourth-order valence-corrected chi connectivity index (χ4v) is 3.52. The van der Waals surface area contributed by atoms with Crippen molar-refractivity contribution in [3.63, 3.8) is 0 Å². The number of benzene rings is 1. The molecule has 0 spiro atoms. The summed E-state index contributed by atoms with van der Waals surface area (Å²) in [6.45, 7) is 10.0. The molecule has 1 aromatic heterocycles. The first-order chi connectivity index (χ1) is 12.9. The first kappa shape index (κ1) is 19.5. The highest BCUT2D eigenvalue weighted by atomic mass is 16.3. The molecule has 146 valence electrons. The van der Waals surface area contributed by atoms with Gasteiger partial charge in [-0.25, -0.2) is 9.97 Å². The van der Waals surface area contributed by atoms with Gasteiger partial charge < -0.3 is 15.3 Å². The first-order valence-electron chi connectivity index (χ1n) is 9.85. The third kappa shape index (κ3) is 4.38. The largest absolute Gasteiger partial charge is 0.391 e. The molecular formula is C21H30N4O2. The van der Waals surface area contributed by atoms with Crippen LogP contribution in [0.15, 0.2) is 12.1 Å². The molecule has 1 fully saturated rings. The van der Waals surface area contributed by atoms with Crippen molar-refractivity contribution in [2.45, 2.75) is 53.1 Å². The van der Waals surface area contributed by atoms with Gasteiger partial charge in [-0.15, -0.1) is 0 Å². The lowest BCUT2D eigenvalue weighted by atomic mass is 9.96. The summed E-state index contributed by atoms with van der Waals surface area (Å²) >= 11 is 0. The lowest BCUT2D eigenvalue weighted by Gasteiger charge is -2.31. The Hall–Kier alpha value is -2.21. The molecule has 27 heavy (non-hydrogen) atoms. The molecule has 0 bridgehead atoms. The molecule has 0 radical (unpaired) electrons. The standard InChI is InChI=1S/C21H30N4O2/c1-5-17(26)12-22-20(27)16-6-8-25(9-7-16)21-23-15(4)18-10-13(2)14(3)11-19(18)24-21/h10-11,16-17,26H,5-9,12H2,1-4H3,(H,22,27). The summed E-state index contributed by atoms with van der Waals surface area (Å²) in [5, 5.41) is 13.6. The van der Waals surface area contributed by atoms with E-state index in [2.05, 4.69) is 36.2 Å². The van der Waals surface area contributed by atoms with E-state index in [0.29, 0.717) is 13.0 Å². The second-order valence-corrected chi connectivity index (χ2v) is 7.63. The van der Waals surface area contributed by atoms with Crippen LogP contribution in [0.2, 0.25) is 0 Å². The van der Waals surface area contributed by atoms with Gasteiger partial charge in [0.05, 0.1) is 17.3 Å². The van der Waals surface area contributed by atoms with Gasteiger partial charge >= 0.3 is 0 Å². The van der Waals surface area contributed by atoms with Crippen LogP contribution in [0.5, 0.6) is 0 Å². The number of aryl methyl sites for hydroxylation is 3. The summed E-state index contributed by atoms with van der Waals surface area (Å²) < 4.78 is 0. The van der Waals surface area contributed by atoms with E-state index in [1.807, 2.05) is 13.8 Å². The number of aromatic nitrogens is 2. The number of piperidine rings is 1. The number of rotatable bonds is 5. The van der Waals surface area contributed by atoms with Crippen LogP contribution in [0.4, 0.5) is 5.95 Å². The van der Waals surface area contributed by atoms with Crippen molar-refractivity contribution in [1.82, 2.24) is 15.3 Å². The van der Waals surface area contributed by atoms with Crippen molar-refractivity contribution in [2.24, 2.45) is 5.92 Å². The van der Waals surface area contributed by atoms with Gasteiger partial charge in [-0.05, 0) is 63.3 Å². The van der Waals surface area contributed by atoms with E-state index < -0.39 is 6.10 Å². The number of anilines is 1. The summed E-state index contributed by atoms with van der Waals surface area (Å²) in [5.41, 5.74) is 4.46. The van der Waals surface area contributed by atoms with Crippen molar-refractivity contribution in [1.29, 1.82) is 0 Å². The van der Waals surface area contributed by atoms with Gasteiger partial charge in [0.15, 0.2) is 0 Å². The van der Waals surface area contributed by atoms with Gasteiger partial charge in [0.1, 0.15) is 0 Å². The van der Waals surface area contributed by atoms with Crippen molar-refractivity contribution < 1.29 is 9.90 Å². The number of aliphatic hydroxyl groups excluding tert-OH is 1. The molecule has 1 saturated heterocycles. The van der Waals surface area contributed by atoms with Crippen molar-refractivity contribution in [3.8, 4) is 0 Å². The highest BCUT2D eigenvalue weighted by Crippen LogP contribution is 2.25. The van der Waals surface area contributed by atoms with Gasteiger partial charge in [0.2, 0.25) is 11.9 Å². The van der Waals surface area contributed by atoms with Crippen LogP contribution in [-0.4, -0.2) is 46.7 Å². The summed E-state index contributed by atoms with van der Waals surface area (Å²) in [6, 6.07) is 4.28. The maximum absolute atomic E-state index is 12.3. The SMILES string of the molecule is CCC(O)CNC(=O)C1CCN(c2nc(C)c3cc(C)c(C)cc3n2)CC1. The number of nitrogens with zero attached hydrogens (tertiary/aromatic N) is 3. The van der Waals surface area contributed by atoms with E-state index in [-0.39, 0.29) is 11.8 Å². The minimum Gasteiger partial charge on any atom is -0.391 e. The highest BCUT2D eigenvalue weighted by molar-refractivity contribution is 5.83. The third-order valence-electron chi connectivity index (χ3n) is 5.62. The molecule has 1 amide bonds. The van der Waals surface area contributed by atoms with Crippen LogP contribution in [0, 0.1) is 26.7 Å². The van der Waals surface area contributed by atoms with Crippen LogP contribution >= 0.6 is 0 Å². The lowest BCUT2D eigenvalue weighted by Crippen LogP contribution is -2.42. The average Bonchev–Trinajstić information content (AvgIpc) is 2.67. The number of nitrogens with one attached hydrogen (secondary N) is 1. The van der Waals surface area contributed by atoms with Crippen LogP contribution in [0.1, 0.15) is 43.0 Å². The molecular weight excluding hydrogens is 340 g/mol. The summed E-state index contributed by atoms with van der Waals surface area (Å²) in [5.74, 6) is 0.795. The number of aliphatic hydroxyl groups is 1. The Kier molecular flexibility index (Phi) is 5.95. The molecule has 1 aliphatic heterocycles. The Morgan fingerprint density at radius 3 is 2.56 bits per heavy atom. The predicted octanol–water partition coefficient (Wildman–Crippen LogP) is 2.66. The monoisotopic (exact) mass is 370 g/mol. The van der Waals surface area contributed by atoms with Crippen LogP contribution in [0.3, 0.4) is 0 Å². The van der Waals surface area contributed by atoms with E-state index in [1.54, 1.807) is 0 Å². The van der Waals surface area contributed by atoms with E-state index in [0.717, 1.165) is 48.5 Å². The number of amides is 1. The molecule has 2 aromatic rings. The quantitative estimate of drug-likeness (QED) is 0.846. The Labute approximate surface area is 161 Å². The summed E-state index contributed by atoms with van der Waals surface area (Å²) in [4.78, 5) is 24.0. The zero-order valence-corrected chi connectivity index (χ0v) is 16.7. The molecule has 6 heteroatoms. The summed E-state index contributed by atoms with van der Waals surface area (Å²) in [7, 11) is 0. The minimum atomic E-state index is -0.463. The van der Waals surface area contributed by atoms with Crippen LogP contribution in [-0.2, 0) is 4.79 Å². The zero-order valence-electron chi connectivity index (χ0n) is 16.7.